The van der Waals surface area contributed by atoms with Gasteiger partial charge in [0, 0.05) is 36.4 Å². The van der Waals surface area contributed by atoms with Crippen LogP contribution >= 0.6 is 0 Å². The van der Waals surface area contributed by atoms with E-state index in [4.69, 9.17) is 4.42 Å². The van der Waals surface area contributed by atoms with E-state index in [1.165, 1.54) is 6.26 Å². The third-order valence-electron chi connectivity index (χ3n) is 3.38. The number of hydrogen-bond donors (Lipinski definition) is 1. The fourth-order valence-electron chi connectivity index (χ4n) is 2.23. The lowest BCUT2D eigenvalue weighted by Crippen LogP contribution is -2.14. The van der Waals surface area contributed by atoms with Crippen LogP contribution in [0.4, 0.5) is 5.82 Å². The number of carbonyl (C=O) groups excluding carboxylic acids is 1. The molecule has 0 aliphatic rings. The summed E-state index contributed by atoms with van der Waals surface area (Å²) in [7, 11) is 0. The molecule has 1 N–H and O–H groups in total. The predicted octanol–water partition coefficient (Wildman–Crippen LogP) is 2.57. The summed E-state index contributed by atoms with van der Waals surface area (Å²) < 4.78 is 6.94. The van der Waals surface area contributed by atoms with Gasteiger partial charge in [-0.1, -0.05) is 0 Å². The number of aromatic nitrogens is 5. The lowest BCUT2D eigenvalue weighted by molar-refractivity contribution is 0.102. The number of hydrogen-bond acceptors (Lipinski definition) is 6. The zero-order chi connectivity index (χ0) is 17.1. The van der Waals surface area contributed by atoms with E-state index in [1.54, 1.807) is 65.9 Å². The molecule has 0 saturated heterocycles. The molecule has 8 heteroatoms. The Kier molecular flexibility index (Phi) is 3.76. The second-order valence-electron chi connectivity index (χ2n) is 5.05. The minimum absolute atomic E-state index is 0.294. The van der Waals surface area contributed by atoms with Crippen LogP contribution in [0.5, 0.6) is 0 Å². The van der Waals surface area contributed by atoms with Crippen molar-refractivity contribution in [2.75, 3.05) is 5.32 Å². The van der Waals surface area contributed by atoms with E-state index in [-0.39, 0.29) is 5.91 Å². The van der Waals surface area contributed by atoms with Crippen molar-refractivity contribution in [2.45, 2.75) is 0 Å². The molecular weight excluding hydrogens is 320 g/mol. The number of furan rings is 1. The summed E-state index contributed by atoms with van der Waals surface area (Å²) in [6, 6.07) is 10.2. The highest BCUT2D eigenvalue weighted by molar-refractivity contribution is 6.03. The van der Waals surface area contributed by atoms with Gasteiger partial charge in [0.15, 0.2) is 17.4 Å². The molecule has 8 nitrogen and oxygen atoms in total. The van der Waals surface area contributed by atoms with E-state index >= 15 is 0 Å². The topological polar surface area (TPSA) is 98.7 Å². The first-order valence-electron chi connectivity index (χ1n) is 7.44. The van der Waals surface area contributed by atoms with Gasteiger partial charge in [0.25, 0.3) is 5.91 Å². The SMILES string of the molecule is O=C(Nc1cc(-n2cccn2)nc(-c2ccco2)n1)c1ccncc1. The van der Waals surface area contributed by atoms with Gasteiger partial charge in [-0.2, -0.15) is 5.10 Å². The van der Waals surface area contributed by atoms with E-state index in [1.807, 2.05) is 0 Å². The Morgan fingerprint density at radius 1 is 1.08 bits per heavy atom. The molecule has 0 atom stereocenters. The van der Waals surface area contributed by atoms with Crippen LogP contribution in [-0.4, -0.2) is 30.6 Å². The molecule has 0 spiro atoms. The Morgan fingerprint density at radius 3 is 2.68 bits per heavy atom. The zero-order valence-electron chi connectivity index (χ0n) is 12.9. The number of carbonyl (C=O) groups is 1. The normalized spacial score (nSPS) is 10.6. The lowest BCUT2D eigenvalue weighted by atomic mass is 10.2. The van der Waals surface area contributed by atoms with Gasteiger partial charge >= 0.3 is 0 Å². The molecule has 0 radical (unpaired) electrons. The van der Waals surface area contributed by atoms with Crippen LogP contribution in [0.25, 0.3) is 17.4 Å². The fraction of sp³-hybridized carbons (Fsp3) is 0. The molecule has 1 amide bonds. The summed E-state index contributed by atoms with van der Waals surface area (Å²) in [6.07, 6.45) is 8.04. The van der Waals surface area contributed by atoms with Crippen LogP contribution < -0.4 is 5.32 Å². The first-order valence-corrected chi connectivity index (χ1v) is 7.44. The molecule has 0 aliphatic heterocycles. The minimum Gasteiger partial charge on any atom is -0.461 e. The minimum atomic E-state index is -0.294. The Bertz CT molecular complexity index is 929. The average molecular weight is 332 g/mol. The van der Waals surface area contributed by atoms with E-state index in [0.29, 0.717) is 28.8 Å². The van der Waals surface area contributed by atoms with Crippen molar-refractivity contribution >= 4 is 11.7 Å². The van der Waals surface area contributed by atoms with Crippen LogP contribution in [0.15, 0.2) is 71.9 Å². The zero-order valence-corrected chi connectivity index (χ0v) is 12.9. The van der Waals surface area contributed by atoms with Crippen molar-refractivity contribution in [1.82, 2.24) is 24.7 Å². The second kappa shape index (κ2) is 6.36. The summed E-state index contributed by atoms with van der Waals surface area (Å²) in [6.45, 7) is 0. The third-order valence-corrected chi connectivity index (χ3v) is 3.38. The molecule has 0 unspecified atom stereocenters. The molecule has 0 aromatic carbocycles. The molecule has 0 fully saturated rings. The van der Waals surface area contributed by atoms with Gasteiger partial charge in [-0.3, -0.25) is 9.78 Å². The number of nitrogens with one attached hydrogen (secondary N) is 1. The highest BCUT2D eigenvalue weighted by Crippen LogP contribution is 2.20. The first kappa shape index (κ1) is 14.8. The molecule has 122 valence electrons. The predicted molar refractivity (Wildman–Crippen MR) is 89.0 cm³/mol. The van der Waals surface area contributed by atoms with Gasteiger partial charge in [-0.15, -0.1) is 0 Å². The fourth-order valence-corrected chi connectivity index (χ4v) is 2.23. The number of rotatable bonds is 4. The van der Waals surface area contributed by atoms with E-state index < -0.39 is 0 Å². The summed E-state index contributed by atoms with van der Waals surface area (Å²) in [5.74, 6) is 1.40. The Balaban J connectivity index is 1.73. The molecule has 4 rings (SSSR count). The second-order valence-corrected chi connectivity index (χ2v) is 5.05. The smallest absolute Gasteiger partial charge is 0.256 e. The Morgan fingerprint density at radius 2 is 1.96 bits per heavy atom. The first-order chi connectivity index (χ1) is 12.3. The maximum atomic E-state index is 12.4. The maximum Gasteiger partial charge on any atom is 0.256 e. The highest BCUT2D eigenvalue weighted by atomic mass is 16.3. The van der Waals surface area contributed by atoms with Crippen molar-refractivity contribution in [3.05, 3.63) is 73.0 Å². The van der Waals surface area contributed by atoms with Crippen LogP contribution in [0.2, 0.25) is 0 Å². The highest BCUT2D eigenvalue weighted by Gasteiger charge is 2.13. The van der Waals surface area contributed by atoms with Gasteiger partial charge in [0.05, 0.1) is 6.26 Å². The number of nitrogens with zero attached hydrogens (tertiary/aromatic N) is 5. The van der Waals surface area contributed by atoms with Crippen molar-refractivity contribution in [3.8, 4) is 17.4 Å². The van der Waals surface area contributed by atoms with Crippen LogP contribution in [0.3, 0.4) is 0 Å². The van der Waals surface area contributed by atoms with E-state index in [9.17, 15) is 4.79 Å². The van der Waals surface area contributed by atoms with E-state index in [2.05, 4.69) is 25.4 Å². The van der Waals surface area contributed by atoms with Gasteiger partial charge in [0.2, 0.25) is 0 Å². The molecule has 4 heterocycles. The van der Waals surface area contributed by atoms with E-state index in [0.717, 1.165) is 0 Å². The molecule has 0 aliphatic carbocycles. The molecular formula is C17H12N6O2. The van der Waals surface area contributed by atoms with Crippen molar-refractivity contribution in [1.29, 1.82) is 0 Å². The van der Waals surface area contributed by atoms with Gasteiger partial charge in [0.1, 0.15) is 5.82 Å². The summed E-state index contributed by atoms with van der Waals surface area (Å²) in [4.78, 5) is 25.1. The Labute approximate surface area is 142 Å². The van der Waals surface area contributed by atoms with Crippen molar-refractivity contribution < 1.29 is 9.21 Å². The average Bonchev–Trinajstić information content (AvgIpc) is 3.36. The van der Waals surface area contributed by atoms with Gasteiger partial charge in [-0.05, 0) is 30.3 Å². The van der Waals surface area contributed by atoms with Crippen molar-refractivity contribution in [2.24, 2.45) is 0 Å². The molecule has 25 heavy (non-hydrogen) atoms. The van der Waals surface area contributed by atoms with Crippen molar-refractivity contribution in [3.63, 3.8) is 0 Å². The molecule has 4 aromatic rings. The Hall–Kier alpha value is -3.81. The lowest BCUT2D eigenvalue weighted by Gasteiger charge is -2.08. The summed E-state index contributed by atoms with van der Waals surface area (Å²) in [5, 5.41) is 6.92. The summed E-state index contributed by atoms with van der Waals surface area (Å²) >= 11 is 0. The molecule has 4 aromatic heterocycles. The molecule has 0 saturated carbocycles. The number of amides is 1. The van der Waals surface area contributed by atoms with Gasteiger partial charge < -0.3 is 9.73 Å². The number of pyridine rings is 1. The van der Waals surface area contributed by atoms with Gasteiger partial charge in [-0.25, -0.2) is 14.6 Å². The summed E-state index contributed by atoms with van der Waals surface area (Å²) in [5.41, 5.74) is 0.480. The van der Waals surface area contributed by atoms with Crippen LogP contribution in [-0.2, 0) is 0 Å². The monoisotopic (exact) mass is 332 g/mol. The third kappa shape index (κ3) is 3.13. The quantitative estimate of drug-likeness (QED) is 0.616. The number of anilines is 1. The maximum absolute atomic E-state index is 12.4. The van der Waals surface area contributed by atoms with Crippen LogP contribution in [0.1, 0.15) is 10.4 Å². The van der Waals surface area contributed by atoms with Crippen LogP contribution in [0, 0.1) is 0 Å². The largest absolute Gasteiger partial charge is 0.461 e. The molecule has 0 bridgehead atoms. The standard InChI is InChI=1S/C17H12N6O2/c24-17(12-4-7-18-8-5-12)21-14-11-15(23-9-2-6-19-23)22-16(20-14)13-3-1-10-25-13/h1-11H,(H,20,21,22,24).